The van der Waals surface area contributed by atoms with Crippen LogP contribution >= 0.6 is 0 Å². The molecule has 0 saturated heterocycles. The number of aliphatic hydroxyl groups is 1. The van der Waals surface area contributed by atoms with E-state index in [0.29, 0.717) is 17.3 Å². The van der Waals surface area contributed by atoms with Crippen LogP contribution in [0, 0.1) is 28.6 Å². The molecule has 1 aliphatic rings. The minimum atomic E-state index is -1.11. The summed E-state index contributed by atoms with van der Waals surface area (Å²) in [7, 11) is 0. The molecule has 0 aliphatic heterocycles. The average Bonchev–Trinajstić information content (AvgIpc) is 2.57. The predicted octanol–water partition coefficient (Wildman–Crippen LogP) is 6.35. The molecule has 5 unspecified atom stereocenters. The molecule has 0 amide bonds. The maximum absolute atomic E-state index is 12.8. The molecule has 4 heteroatoms. The Morgan fingerprint density at radius 1 is 1.07 bits per heavy atom. The quantitative estimate of drug-likeness (QED) is 0.373. The van der Waals surface area contributed by atoms with Crippen molar-refractivity contribution >= 4 is 5.97 Å². The van der Waals surface area contributed by atoms with Gasteiger partial charge < -0.3 is 14.6 Å². The van der Waals surface area contributed by atoms with E-state index in [0.717, 1.165) is 19.3 Å². The van der Waals surface area contributed by atoms with Crippen LogP contribution in [-0.2, 0) is 14.3 Å². The van der Waals surface area contributed by atoms with Crippen molar-refractivity contribution in [3.8, 4) is 0 Å². The van der Waals surface area contributed by atoms with Crippen LogP contribution in [0.5, 0.6) is 0 Å². The first kappa shape index (κ1) is 26.4. The Hall–Kier alpha value is -0.610. The van der Waals surface area contributed by atoms with Crippen molar-refractivity contribution < 1.29 is 19.4 Å². The molecule has 1 aliphatic carbocycles. The molecule has 0 aromatic carbocycles. The molecular weight excluding hydrogens is 364 g/mol. The smallest absolute Gasteiger partial charge is 0.309 e. The minimum absolute atomic E-state index is 0.0763. The van der Waals surface area contributed by atoms with E-state index in [1.807, 2.05) is 20.8 Å². The Bertz CT molecular complexity index is 512. The SMILES string of the molecule is CCC(C)(C)CC(C1CCCC(C(=O)OC(C)C(O)OC(C)(C)C)C1)C(C)(C)C. The zero-order valence-electron chi connectivity index (χ0n) is 20.8. The zero-order valence-corrected chi connectivity index (χ0v) is 20.8. The summed E-state index contributed by atoms with van der Waals surface area (Å²) in [5, 5.41) is 10.2. The lowest BCUT2D eigenvalue weighted by atomic mass is 9.61. The van der Waals surface area contributed by atoms with Crippen molar-refractivity contribution in [3.63, 3.8) is 0 Å². The molecule has 172 valence electrons. The van der Waals surface area contributed by atoms with E-state index in [1.165, 1.54) is 19.3 Å². The molecule has 29 heavy (non-hydrogen) atoms. The van der Waals surface area contributed by atoms with E-state index in [1.54, 1.807) is 6.92 Å². The zero-order chi connectivity index (χ0) is 22.6. The lowest BCUT2D eigenvalue weighted by molar-refractivity contribution is -0.220. The molecule has 0 aromatic heterocycles. The Morgan fingerprint density at radius 3 is 2.14 bits per heavy atom. The molecule has 0 radical (unpaired) electrons. The van der Waals surface area contributed by atoms with Crippen molar-refractivity contribution in [1.82, 2.24) is 0 Å². The Balaban J connectivity index is 2.79. The lowest BCUT2D eigenvalue weighted by Gasteiger charge is -2.44. The fraction of sp³-hybridized carbons (Fsp3) is 0.960. The van der Waals surface area contributed by atoms with Crippen molar-refractivity contribution in [2.75, 3.05) is 0 Å². The Morgan fingerprint density at radius 2 is 1.66 bits per heavy atom. The van der Waals surface area contributed by atoms with Gasteiger partial charge in [0, 0.05) is 0 Å². The van der Waals surface area contributed by atoms with E-state index in [2.05, 4.69) is 41.5 Å². The third-order valence-corrected chi connectivity index (χ3v) is 6.64. The van der Waals surface area contributed by atoms with Gasteiger partial charge in [-0.2, -0.15) is 0 Å². The first-order chi connectivity index (χ1) is 13.1. The number of hydrogen-bond donors (Lipinski definition) is 1. The van der Waals surface area contributed by atoms with Crippen LogP contribution in [0.25, 0.3) is 0 Å². The summed E-state index contributed by atoms with van der Waals surface area (Å²) in [5.41, 5.74) is 0.0449. The van der Waals surface area contributed by atoms with E-state index in [4.69, 9.17) is 9.47 Å². The maximum Gasteiger partial charge on any atom is 0.309 e. The maximum atomic E-state index is 12.8. The first-order valence-corrected chi connectivity index (χ1v) is 11.6. The topological polar surface area (TPSA) is 55.8 Å². The van der Waals surface area contributed by atoms with Crippen molar-refractivity contribution in [3.05, 3.63) is 0 Å². The second-order valence-electron chi connectivity index (χ2n) is 12.1. The largest absolute Gasteiger partial charge is 0.457 e. The van der Waals surface area contributed by atoms with Crippen LogP contribution in [0.4, 0.5) is 0 Å². The summed E-state index contributed by atoms with van der Waals surface area (Å²) in [6, 6.07) is 0. The van der Waals surface area contributed by atoms with Gasteiger partial charge in [-0.15, -0.1) is 0 Å². The van der Waals surface area contributed by atoms with Crippen LogP contribution in [0.1, 0.15) is 108 Å². The number of rotatable bonds is 8. The second-order valence-corrected chi connectivity index (χ2v) is 12.1. The van der Waals surface area contributed by atoms with E-state index in [9.17, 15) is 9.90 Å². The van der Waals surface area contributed by atoms with Gasteiger partial charge in [0.2, 0.25) is 0 Å². The molecule has 5 atom stereocenters. The van der Waals surface area contributed by atoms with E-state index in [-0.39, 0.29) is 17.3 Å². The van der Waals surface area contributed by atoms with Gasteiger partial charge in [-0.1, -0.05) is 60.8 Å². The highest BCUT2D eigenvalue weighted by Gasteiger charge is 2.40. The van der Waals surface area contributed by atoms with Gasteiger partial charge in [0.1, 0.15) is 6.10 Å². The molecule has 1 saturated carbocycles. The fourth-order valence-corrected chi connectivity index (χ4v) is 4.52. The summed E-state index contributed by atoms with van der Waals surface area (Å²) in [6.45, 7) is 21.3. The molecule has 1 rings (SSSR count). The van der Waals surface area contributed by atoms with Crippen molar-refractivity contribution in [2.24, 2.45) is 28.6 Å². The predicted molar refractivity (Wildman–Crippen MR) is 119 cm³/mol. The standard InChI is InChI=1S/C25H48O4/c1-11-25(9,10)16-20(23(3,4)5)18-13-12-14-19(15-18)22(27)28-17(2)21(26)29-24(6,7)8/h17-21,26H,11-16H2,1-10H3. The molecule has 4 nitrogen and oxygen atoms in total. The third-order valence-electron chi connectivity index (χ3n) is 6.64. The summed E-state index contributed by atoms with van der Waals surface area (Å²) in [4.78, 5) is 12.8. The van der Waals surface area contributed by atoms with Crippen LogP contribution in [0.2, 0.25) is 0 Å². The summed E-state index contributed by atoms with van der Waals surface area (Å²) in [5.74, 6) is 0.868. The molecule has 0 heterocycles. The van der Waals surface area contributed by atoms with Crippen LogP contribution < -0.4 is 0 Å². The normalized spacial score (nSPS) is 24.7. The van der Waals surface area contributed by atoms with Crippen LogP contribution in [0.3, 0.4) is 0 Å². The monoisotopic (exact) mass is 412 g/mol. The summed E-state index contributed by atoms with van der Waals surface area (Å²) < 4.78 is 11.2. The van der Waals surface area contributed by atoms with Crippen molar-refractivity contribution in [1.29, 1.82) is 0 Å². The van der Waals surface area contributed by atoms with E-state index < -0.39 is 18.0 Å². The van der Waals surface area contributed by atoms with Gasteiger partial charge >= 0.3 is 5.97 Å². The van der Waals surface area contributed by atoms with Gasteiger partial charge in [0.15, 0.2) is 6.29 Å². The number of carbonyl (C=O) groups excluding carboxylic acids is 1. The van der Waals surface area contributed by atoms with Gasteiger partial charge in [0.25, 0.3) is 0 Å². The second kappa shape index (κ2) is 10.1. The summed E-state index contributed by atoms with van der Waals surface area (Å²) in [6.07, 6.45) is 4.62. The average molecular weight is 413 g/mol. The van der Waals surface area contributed by atoms with Crippen LogP contribution in [-0.4, -0.2) is 29.1 Å². The van der Waals surface area contributed by atoms with Gasteiger partial charge in [0.05, 0.1) is 11.5 Å². The van der Waals surface area contributed by atoms with Gasteiger partial charge in [-0.25, -0.2) is 0 Å². The highest BCUT2D eigenvalue weighted by Crippen LogP contribution is 2.47. The number of esters is 1. The molecular formula is C25H48O4. The van der Waals surface area contributed by atoms with Crippen molar-refractivity contribution in [2.45, 2.75) is 126 Å². The molecule has 0 aromatic rings. The molecule has 0 bridgehead atoms. The van der Waals surface area contributed by atoms with Gasteiger partial charge in [-0.05, 0) is 69.6 Å². The lowest BCUT2D eigenvalue weighted by Crippen LogP contribution is -2.40. The third kappa shape index (κ3) is 8.96. The molecule has 1 N–H and O–H groups in total. The fourth-order valence-electron chi connectivity index (χ4n) is 4.52. The molecule has 1 fully saturated rings. The summed E-state index contributed by atoms with van der Waals surface area (Å²) >= 11 is 0. The number of hydrogen-bond acceptors (Lipinski definition) is 4. The van der Waals surface area contributed by atoms with Gasteiger partial charge in [-0.3, -0.25) is 4.79 Å². The highest BCUT2D eigenvalue weighted by molar-refractivity contribution is 5.72. The van der Waals surface area contributed by atoms with E-state index >= 15 is 0 Å². The first-order valence-electron chi connectivity index (χ1n) is 11.6. The Kier molecular flexibility index (Phi) is 9.23. The minimum Gasteiger partial charge on any atom is -0.457 e. The number of carbonyl (C=O) groups is 1. The number of ether oxygens (including phenoxy) is 2. The number of aliphatic hydroxyl groups excluding tert-OH is 1. The Labute approximate surface area is 180 Å². The molecule has 0 spiro atoms. The van der Waals surface area contributed by atoms with Crippen LogP contribution in [0.15, 0.2) is 0 Å². The highest BCUT2D eigenvalue weighted by atomic mass is 16.7.